The lowest BCUT2D eigenvalue weighted by Crippen LogP contribution is -2.40. The third-order valence-electron chi connectivity index (χ3n) is 6.45. The molecular weight excluding hydrogens is 446 g/mol. The van der Waals surface area contributed by atoms with Crippen LogP contribution in [0.15, 0.2) is 27.9 Å². The average Bonchev–Trinajstić information content (AvgIpc) is 3.47. The van der Waals surface area contributed by atoms with Crippen LogP contribution < -0.4 is 10.3 Å². The van der Waals surface area contributed by atoms with Crippen molar-refractivity contribution >= 4 is 15.5 Å². The topological polar surface area (TPSA) is 119 Å². The maximum atomic E-state index is 13.3. The second-order valence-electron chi connectivity index (χ2n) is 8.48. The molecule has 3 heterocycles. The highest BCUT2D eigenvalue weighted by molar-refractivity contribution is 7.89. The summed E-state index contributed by atoms with van der Waals surface area (Å²) in [6.07, 6.45) is 4.31. The molecule has 1 aliphatic heterocycles. The number of nitrogens with zero attached hydrogens (tertiary/aromatic N) is 4. The number of morpholine rings is 1. The van der Waals surface area contributed by atoms with Gasteiger partial charge in [0.25, 0.3) is 5.56 Å². The summed E-state index contributed by atoms with van der Waals surface area (Å²) in [6, 6.07) is 4.79. The lowest BCUT2D eigenvalue weighted by atomic mass is 10.1. The van der Waals surface area contributed by atoms with E-state index >= 15 is 0 Å². The Morgan fingerprint density at radius 2 is 1.91 bits per heavy atom. The minimum atomic E-state index is -3.82. The van der Waals surface area contributed by atoms with Crippen molar-refractivity contribution in [2.75, 3.05) is 33.4 Å². The standard InChI is InChI=1S/C22H27N5O5S/c1-14-19-22(28)24-20(25-27(19)21(23-14)15-5-3-4-6-15)16-7-8-17(31-2)18(13-16)33(29,30)26-9-11-32-12-10-26/h7-8,13,15H,3-6,9-12H2,1-2H3,(H,24,25,28). The molecule has 11 heteroatoms. The van der Waals surface area contributed by atoms with E-state index in [1.807, 2.05) is 6.92 Å². The summed E-state index contributed by atoms with van der Waals surface area (Å²) < 4.78 is 40.4. The monoisotopic (exact) mass is 473 g/mol. The Bertz CT molecular complexity index is 1350. The molecule has 2 aliphatic rings. The summed E-state index contributed by atoms with van der Waals surface area (Å²) in [4.78, 5) is 20.5. The molecule has 0 unspecified atom stereocenters. The van der Waals surface area contributed by atoms with E-state index in [4.69, 9.17) is 14.6 Å². The number of aromatic nitrogens is 4. The van der Waals surface area contributed by atoms with E-state index in [9.17, 15) is 13.2 Å². The SMILES string of the molecule is COc1ccc(-c2nn3c(C4CCCC4)nc(C)c3c(=O)[nH]2)cc1S(=O)(=O)N1CCOCC1. The van der Waals surface area contributed by atoms with E-state index in [0.717, 1.165) is 31.5 Å². The molecule has 0 atom stereocenters. The van der Waals surface area contributed by atoms with E-state index in [-0.39, 0.29) is 41.0 Å². The number of rotatable bonds is 5. The summed E-state index contributed by atoms with van der Waals surface area (Å²) in [6.45, 7) is 3.05. The van der Waals surface area contributed by atoms with E-state index in [1.54, 1.807) is 16.6 Å². The van der Waals surface area contributed by atoms with Gasteiger partial charge in [0.2, 0.25) is 10.0 Å². The van der Waals surface area contributed by atoms with Crippen molar-refractivity contribution < 1.29 is 17.9 Å². The van der Waals surface area contributed by atoms with Crippen LogP contribution in [-0.4, -0.2) is 65.7 Å². The van der Waals surface area contributed by atoms with Crippen molar-refractivity contribution in [1.29, 1.82) is 0 Å². The maximum Gasteiger partial charge on any atom is 0.277 e. The number of methoxy groups -OCH3 is 1. The van der Waals surface area contributed by atoms with Gasteiger partial charge in [-0.15, -0.1) is 5.10 Å². The predicted molar refractivity (Wildman–Crippen MR) is 121 cm³/mol. The molecule has 0 radical (unpaired) electrons. The zero-order valence-electron chi connectivity index (χ0n) is 18.7. The average molecular weight is 474 g/mol. The molecule has 10 nitrogen and oxygen atoms in total. The van der Waals surface area contributed by atoms with Gasteiger partial charge in [-0.05, 0) is 38.0 Å². The number of aryl methyl sites for hydroxylation is 1. The highest BCUT2D eigenvalue weighted by atomic mass is 32.2. The molecule has 0 amide bonds. The fourth-order valence-corrected chi connectivity index (χ4v) is 6.31. The zero-order chi connectivity index (χ0) is 23.2. The second kappa shape index (κ2) is 8.54. The zero-order valence-corrected chi connectivity index (χ0v) is 19.5. The molecule has 33 heavy (non-hydrogen) atoms. The first-order chi connectivity index (χ1) is 15.9. The summed E-state index contributed by atoms with van der Waals surface area (Å²) in [5.41, 5.74) is 1.24. The maximum absolute atomic E-state index is 13.3. The number of benzene rings is 1. The van der Waals surface area contributed by atoms with Crippen molar-refractivity contribution in [3.05, 3.63) is 40.1 Å². The Morgan fingerprint density at radius 3 is 2.61 bits per heavy atom. The summed E-state index contributed by atoms with van der Waals surface area (Å²) in [5.74, 6) is 1.58. The van der Waals surface area contributed by atoms with E-state index in [0.29, 0.717) is 30.0 Å². The number of nitrogens with one attached hydrogen (secondary N) is 1. The van der Waals surface area contributed by atoms with Gasteiger partial charge in [-0.2, -0.15) is 4.31 Å². The Hall–Kier alpha value is -2.76. The van der Waals surface area contributed by atoms with Crippen molar-refractivity contribution in [2.45, 2.75) is 43.4 Å². The fourth-order valence-electron chi connectivity index (χ4n) is 4.72. The van der Waals surface area contributed by atoms with E-state index in [2.05, 4.69) is 9.97 Å². The normalized spacial score (nSPS) is 18.2. The molecule has 2 fully saturated rings. The number of aromatic amines is 1. The molecule has 0 bridgehead atoms. The van der Waals surface area contributed by atoms with Crippen LogP contribution in [0.1, 0.15) is 43.1 Å². The fraction of sp³-hybridized carbons (Fsp3) is 0.500. The van der Waals surface area contributed by atoms with Crippen LogP contribution >= 0.6 is 0 Å². The number of ether oxygens (including phenoxy) is 2. The number of fused-ring (bicyclic) bond motifs is 1. The lowest BCUT2D eigenvalue weighted by molar-refractivity contribution is 0.0729. The number of sulfonamides is 1. The Morgan fingerprint density at radius 1 is 1.18 bits per heavy atom. The molecular formula is C22H27N5O5S. The first-order valence-electron chi connectivity index (χ1n) is 11.2. The van der Waals surface area contributed by atoms with Crippen molar-refractivity contribution in [1.82, 2.24) is 23.9 Å². The first-order valence-corrected chi connectivity index (χ1v) is 12.6. The lowest BCUT2D eigenvalue weighted by Gasteiger charge is -2.26. The quantitative estimate of drug-likeness (QED) is 0.603. The van der Waals surface area contributed by atoms with E-state index < -0.39 is 10.0 Å². The summed E-state index contributed by atoms with van der Waals surface area (Å²) >= 11 is 0. The minimum Gasteiger partial charge on any atom is -0.495 e. The molecule has 2 aromatic heterocycles. The Balaban J connectivity index is 1.63. The Kier molecular flexibility index (Phi) is 5.71. The highest BCUT2D eigenvalue weighted by Gasteiger charge is 2.30. The molecule has 0 spiro atoms. The van der Waals surface area contributed by atoms with Gasteiger partial charge in [-0.3, -0.25) is 4.79 Å². The van der Waals surface area contributed by atoms with Crippen LogP contribution in [0.5, 0.6) is 5.75 Å². The van der Waals surface area contributed by atoms with Crippen LogP contribution in [0.4, 0.5) is 0 Å². The molecule has 1 aliphatic carbocycles. The molecule has 3 aromatic rings. The molecule has 1 aromatic carbocycles. The van der Waals surface area contributed by atoms with Gasteiger partial charge in [-0.25, -0.2) is 17.9 Å². The van der Waals surface area contributed by atoms with Gasteiger partial charge in [0, 0.05) is 24.6 Å². The van der Waals surface area contributed by atoms with Gasteiger partial charge in [-0.1, -0.05) is 12.8 Å². The smallest absolute Gasteiger partial charge is 0.277 e. The predicted octanol–water partition coefficient (Wildman–Crippen LogP) is 2.08. The van der Waals surface area contributed by atoms with E-state index in [1.165, 1.54) is 17.5 Å². The number of H-pyrrole nitrogens is 1. The molecule has 5 rings (SSSR count). The van der Waals surface area contributed by atoms with Crippen LogP contribution in [0, 0.1) is 6.92 Å². The molecule has 1 saturated heterocycles. The van der Waals surface area contributed by atoms with Gasteiger partial charge < -0.3 is 14.5 Å². The van der Waals surface area contributed by atoms with Crippen LogP contribution in [-0.2, 0) is 14.8 Å². The van der Waals surface area contributed by atoms with Crippen LogP contribution in [0.25, 0.3) is 16.9 Å². The first kappa shape index (κ1) is 22.1. The van der Waals surface area contributed by atoms with Crippen LogP contribution in [0.2, 0.25) is 0 Å². The highest BCUT2D eigenvalue weighted by Crippen LogP contribution is 2.34. The van der Waals surface area contributed by atoms with Crippen LogP contribution in [0.3, 0.4) is 0 Å². The van der Waals surface area contributed by atoms with Crippen molar-refractivity contribution in [2.24, 2.45) is 0 Å². The van der Waals surface area contributed by atoms with Gasteiger partial charge in [0.05, 0.1) is 26.0 Å². The number of imidazole rings is 1. The molecule has 1 N–H and O–H groups in total. The number of hydrogen-bond donors (Lipinski definition) is 1. The Labute approximate surface area is 191 Å². The minimum absolute atomic E-state index is 0.0324. The second-order valence-corrected chi connectivity index (χ2v) is 10.4. The van der Waals surface area contributed by atoms with Crippen molar-refractivity contribution in [3.8, 4) is 17.1 Å². The van der Waals surface area contributed by atoms with Gasteiger partial charge in [0.1, 0.15) is 16.5 Å². The van der Waals surface area contributed by atoms with Gasteiger partial charge in [0.15, 0.2) is 11.3 Å². The molecule has 176 valence electrons. The van der Waals surface area contributed by atoms with Crippen molar-refractivity contribution in [3.63, 3.8) is 0 Å². The number of hydrogen-bond acceptors (Lipinski definition) is 7. The third-order valence-corrected chi connectivity index (χ3v) is 8.37. The summed E-state index contributed by atoms with van der Waals surface area (Å²) in [5, 5.41) is 4.69. The molecule has 1 saturated carbocycles. The van der Waals surface area contributed by atoms with Gasteiger partial charge >= 0.3 is 0 Å². The third kappa shape index (κ3) is 3.83. The largest absolute Gasteiger partial charge is 0.495 e. The summed E-state index contributed by atoms with van der Waals surface area (Å²) in [7, 11) is -2.38.